The van der Waals surface area contributed by atoms with Crippen molar-refractivity contribution in [3.63, 3.8) is 0 Å². The van der Waals surface area contributed by atoms with Crippen molar-refractivity contribution in [2.75, 3.05) is 13.2 Å². The second-order valence-corrected chi connectivity index (χ2v) is 10.2. The molecule has 3 heterocycles. The van der Waals surface area contributed by atoms with Gasteiger partial charge in [0.15, 0.2) is 12.1 Å². The summed E-state index contributed by atoms with van der Waals surface area (Å²) in [6, 6.07) is 18.1. The average Bonchev–Trinajstić information content (AvgIpc) is 3.38. The number of aromatic nitrogens is 2. The first-order valence-electron chi connectivity index (χ1n) is 14.1. The number of unbranched alkanes of at least 4 members (excludes halogenated alkanes) is 1. The van der Waals surface area contributed by atoms with Crippen molar-refractivity contribution >= 4 is 36.1 Å². The van der Waals surface area contributed by atoms with Crippen LogP contribution in [0.4, 0.5) is 11.6 Å². The first-order valence-corrected chi connectivity index (χ1v) is 14.1. The molecule has 2 aliphatic rings. The normalized spacial score (nSPS) is 18.6. The molecule has 0 aliphatic carbocycles. The molecule has 2 aromatic carbocycles. The number of ether oxygens (including phenoxy) is 2. The van der Waals surface area contributed by atoms with Crippen LogP contribution in [0.2, 0.25) is 0 Å². The number of aliphatic imine (C=N–C) groups is 1. The maximum Gasteiger partial charge on any atom is 0.284 e. The minimum atomic E-state index is -0.520. The number of nitrogens with one attached hydrogen (secondary N) is 1. The van der Waals surface area contributed by atoms with E-state index in [1.807, 2.05) is 48.5 Å². The molecule has 2 atom stereocenters. The molecule has 1 fully saturated rings. The van der Waals surface area contributed by atoms with E-state index in [-0.39, 0.29) is 44.9 Å². The minimum Gasteiger partial charge on any atom is -0.497 e. The van der Waals surface area contributed by atoms with Gasteiger partial charge < -0.3 is 21.2 Å². The van der Waals surface area contributed by atoms with Crippen LogP contribution in [0.5, 0.6) is 5.75 Å². The quantitative estimate of drug-likeness (QED) is 0.0506. The Kier molecular flexibility index (Phi) is 11.2. The van der Waals surface area contributed by atoms with Crippen LogP contribution in [-0.4, -0.2) is 52.7 Å². The topological polar surface area (TPSA) is 142 Å². The van der Waals surface area contributed by atoms with E-state index in [9.17, 15) is 15.0 Å². The number of fused-ring (bicyclic) bond motifs is 1. The van der Waals surface area contributed by atoms with Crippen LogP contribution < -0.4 is 10.1 Å². The van der Waals surface area contributed by atoms with E-state index in [0.29, 0.717) is 60.9 Å². The fraction of sp³-hybridized carbons (Fsp3) is 0.242. The number of allylic oxidation sites excluding steroid dienone is 1. The van der Waals surface area contributed by atoms with E-state index < -0.39 is 12.0 Å². The third kappa shape index (κ3) is 6.97. The number of hydrogen-bond acceptors (Lipinski definition) is 10. The van der Waals surface area contributed by atoms with Gasteiger partial charge in [0.1, 0.15) is 29.2 Å². The van der Waals surface area contributed by atoms with Crippen LogP contribution >= 0.6 is 0 Å². The Balaban J connectivity index is 0.00000461. The fourth-order valence-corrected chi connectivity index (χ4v) is 5.19. The number of aldehydes is 1. The number of rotatable bonds is 12. The Morgan fingerprint density at radius 1 is 1.22 bits per heavy atom. The van der Waals surface area contributed by atoms with Crippen molar-refractivity contribution in [2.45, 2.75) is 31.9 Å². The van der Waals surface area contributed by atoms with Crippen LogP contribution in [0.3, 0.4) is 0 Å². The molecule has 45 heavy (non-hydrogen) atoms. The van der Waals surface area contributed by atoms with Gasteiger partial charge in [-0.3, -0.25) is 5.32 Å². The van der Waals surface area contributed by atoms with E-state index in [4.69, 9.17) is 9.47 Å². The molecule has 0 spiro atoms. The van der Waals surface area contributed by atoms with Gasteiger partial charge in [-0.1, -0.05) is 59.2 Å². The summed E-state index contributed by atoms with van der Waals surface area (Å²) in [6.07, 6.45) is 3.35. The monoisotopic (exact) mass is 687 g/mol. The van der Waals surface area contributed by atoms with Gasteiger partial charge in [0.05, 0.1) is 19.7 Å². The van der Waals surface area contributed by atoms with E-state index in [2.05, 4.69) is 51.7 Å². The molecule has 1 N–H and O–H groups in total. The third-order valence-corrected chi connectivity index (χ3v) is 7.37. The summed E-state index contributed by atoms with van der Waals surface area (Å²) in [5.74, 6) is 1.41. The Morgan fingerprint density at radius 2 is 2.02 bits per heavy atom. The summed E-state index contributed by atoms with van der Waals surface area (Å²) < 4.78 is 13.9. The zero-order valence-corrected chi connectivity index (χ0v) is 26.5. The Hall–Kier alpha value is -4.81. The molecule has 0 amide bonds. The summed E-state index contributed by atoms with van der Waals surface area (Å²) >= 11 is 0. The van der Waals surface area contributed by atoms with Crippen molar-refractivity contribution < 1.29 is 39.9 Å². The maximum atomic E-state index is 11.9. The summed E-state index contributed by atoms with van der Waals surface area (Å²) in [6.45, 7) is 12.7. The SMILES string of the molecule is C=Nc1ncnc2c1C(C#N)=C(NCc1ccc(-c3ccccc3)c(OCCCCN=O)c1)/[N+]2=C1\OC([CH2-])C[C@H](C=O)C1=C.[Mo]. The first kappa shape index (κ1) is 33.1. The minimum absolute atomic E-state index is 0. The number of hydrogen-bond donors (Lipinski definition) is 1. The largest absolute Gasteiger partial charge is 0.497 e. The summed E-state index contributed by atoms with van der Waals surface area (Å²) in [5.41, 5.74) is 3.88. The standard InChI is InChI=1S/C33H31N7O4.Mo/c1-21-15-25(19-41)22(2)33(44-21)40-31(27(17-34)29-30(35-3)37-20-38-32(29)40)36-18-23-11-12-26(24-9-5-4-6-10-24)28(16-23)43-14-8-7-13-39-42;/h4-6,9-12,16,19-21,25,36H,1-3,7-8,13-15,18H2;/b40-33+;/t21?,25-;/m1./s1. The summed E-state index contributed by atoms with van der Waals surface area (Å²) in [7, 11) is 0. The first-order chi connectivity index (χ1) is 21.5. The average molecular weight is 686 g/mol. The summed E-state index contributed by atoms with van der Waals surface area (Å²) in [4.78, 5) is 35.0. The van der Waals surface area contributed by atoms with Crippen molar-refractivity contribution in [3.05, 3.63) is 95.8 Å². The number of benzene rings is 2. The molecule has 3 aromatic rings. The zero-order valence-electron chi connectivity index (χ0n) is 24.5. The van der Waals surface area contributed by atoms with Crippen LogP contribution in [0.15, 0.2) is 83.0 Å². The molecular weight excluding hydrogens is 654 g/mol. The predicted molar refractivity (Wildman–Crippen MR) is 166 cm³/mol. The second kappa shape index (κ2) is 15.3. The molecule has 5 rings (SSSR count). The summed E-state index contributed by atoms with van der Waals surface area (Å²) in [5, 5.41) is 16.6. The molecule has 1 unspecified atom stereocenters. The van der Waals surface area contributed by atoms with Gasteiger partial charge >= 0.3 is 0 Å². The number of nitriles is 1. The zero-order chi connectivity index (χ0) is 31.1. The number of nitroso groups, excluding NO2 is 1. The molecule has 0 bridgehead atoms. The van der Waals surface area contributed by atoms with Gasteiger partial charge in [0.25, 0.3) is 11.7 Å². The Bertz CT molecular complexity index is 1720. The van der Waals surface area contributed by atoms with Crippen molar-refractivity contribution in [2.24, 2.45) is 16.1 Å². The molecule has 1 aromatic heterocycles. The van der Waals surface area contributed by atoms with Crippen LogP contribution in [-0.2, 0) is 37.1 Å². The molecule has 228 valence electrons. The smallest absolute Gasteiger partial charge is 0.284 e. The van der Waals surface area contributed by atoms with Gasteiger partial charge in [-0.05, 0) is 49.3 Å². The molecule has 0 radical (unpaired) electrons. The number of carbonyl (C=O) groups excluding carboxylic acids is 1. The second-order valence-electron chi connectivity index (χ2n) is 10.2. The maximum absolute atomic E-state index is 11.9. The van der Waals surface area contributed by atoms with Crippen LogP contribution in [0.25, 0.3) is 16.7 Å². The third-order valence-electron chi connectivity index (χ3n) is 7.37. The molecule has 2 aliphatic heterocycles. The van der Waals surface area contributed by atoms with Gasteiger partial charge in [-0.2, -0.15) is 19.7 Å². The van der Waals surface area contributed by atoms with Gasteiger partial charge in [-0.15, -0.1) is 0 Å². The number of nitrogens with zero attached hydrogens (tertiary/aromatic N) is 6. The van der Waals surface area contributed by atoms with Crippen molar-refractivity contribution in [3.8, 4) is 22.9 Å². The van der Waals surface area contributed by atoms with Crippen molar-refractivity contribution in [1.29, 1.82) is 5.26 Å². The van der Waals surface area contributed by atoms with Gasteiger partial charge in [0.2, 0.25) is 5.82 Å². The number of carbonyl (C=O) groups is 1. The molecule has 1 saturated heterocycles. The molecular formula is C33H31MoN7O4. The molecule has 11 nitrogen and oxygen atoms in total. The Morgan fingerprint density at radius 3 is 2.73 bits per heavy atom. The molecule has 0 saturated carbocycles. The van der Waals surface area contributed by atoms with E-state index >= 15 is 0 Å². The predicted octanol–water partition coefficient (Wildman–Crippen LogP) is 5.43. The fourth-order valence-electron chi connectivity index (χ4n) is 5.19. The van der Waals surface area contributed by atoms with Gasteiger partial charge in [0, 0.05) is 38.1 Å². The van der Waals surface area contributed by atoms with E-state index in [1.165, 1.54) is 6.33 Å². The molecule has 12 heteroatoms. The van der Waals surface area contributed by atoms with Crippen LogP contribution in [0, 0.1) is 29.1 Å². The van der Waals surface area contributed by atoms with Crippen LogP contribution in [0.1, 0.15) is 30.4 Å². The van der Waals surface area contributed by atoms with E-state index in [1.54, 1.807) is 4.58 Å². The van der Waals surface area contributed by atoms with E-state index in [0.717, 1.165) is 23.0 Å². The Labute approximate surface area is 275 Å². The van der Waals surface area contributed by atoms with Crippen molar-refractivity contribution in [1.82, 2.24) is 15.3 Å². The van der Waals surface area contributed by atoms with Gasteiger partial charge in [-0.25, -0.2) is 4.99 Å².